The largest absolute Gasteiger partial charge is 0.417 e. The number of alkyl halides is 3. The predicted octanol–water partition coefficient (Wildman–Crippen LogP) is 4.72. The zero-order valence-electron chi connectivity index (χ0n) is 17.3. The number of hydrogen-bond donors (Lipinski definition) is 2. The number of piperazine rings is 1. The fourth-order valence-corrected chi connectivity index (χ4v) is 3.88. The van der Waals surface area contributed by atoms with E-state index in [2.05, 4.69) is 20.3 Å². The number of anilines is 4. The van der Waals surface area contributed by atoms with Crippen molar-refractivity contribution in [2.24, 2.45) is 0 Å². The molecule has 0 atom stereocenters. The Bertz CT molecular complexity index is 1120. The standard InChI is InChI=1S/C21H20Cl2F3N7/c22-15-3-1-13(2-4-15)11-28-17-10-18(31-20(27)30-17)32-5-7-33(8-6-32)19-16(23)9-14(12-29-19)21(24,25)26/h1-4,9-10,12H,5-8,11H2,(H3,27,28,30,31). The molecule has 12 heteroatoms. The van der Waals surface area contributed by atoms with Crippen LogP contribution in [-0.4, -0.2) is 41.1 Å². The van der Waals surface area contributed by atoms with Crippen LogP contribution in [-0.2, 0) is 12.7 Å². The number of benzene rings is 1. The Labute approximate surface area is 198 Å². The van der Waals surface area contributed by atoms with Crippen LogP contribution in [0.25, 0.3) is 0 Å². The smallest absolute Gasteiger partial charge is 0.368 e. The third-order valence-electron chi connectivity index (χ3n) is 5.17. The van der Waals surface area contributed by atoms with Gasteiger partial charge in [0.05, 0.1) is 10.6 Å². The van der Waals surface area contributed by atoms with E-state index < -0.39 is 11.7 Å². The molecule has 1 aliphatic heterocycles. The number of halogens is 5. The van der Waals surface area contributed by atoms with Crippen LogP contribution in [0.4, 0.5) is 36.6 Å². The molecule has 174 valence electrons. The minimum absolute atomic E-state index is 0.0294. The van der Waals surface area contributed by atoms with Crippen molar-refractivity contribution >= 4 is 46.6 Å². The number of aromatic nitrogens is 3. The Hall–Kier alpha value is -2.98. The molecule has 4 rings (SSSR count). The normalized spacial score (nSPS) is 14.5. The number of hydrogen-bond acceptors (Lipinski definition) is 7. The molecule has 1 saturated heterocycles. The molecule has 7 nitrogen and oxygen atoms in total. The molecule has 0 saturated carbocycles. The second-order valence-corrected chi connectivity index (χ2v) is 8.29. The van der Waals surface area contributed by atoms with E-state index in [-0.39, 0.29) is 11.0 Å². The van der Waals surface area contributed by atoms with Gasteiger partial charge in [-0.15, -0.1) is 0 Å². The minimum Gasteiger partial charge on any atom is -0.368 e. The van der Waals surface area contributed by atoms with Crippen molar-refractivity contribution in [2.75, 3.05) is 47.0 Å². The summed E-state index contributed by atoms with van der Waals surface area (Å²) >= 11 is 12.0. The van der Waals surface area contributed by atoms with Crippen molar-refractivity contribution in [3.63, 3.8) is 0 Å². The van der Waals surface area contributed by atoms with Crippen LogP contribution in [0.3, 0.4) is 0 Å². The number of nitrogens with zero attached hydrogens (tertiary/aromatic N) is 5. The predicted molar refractivity (Wildman–Crippen MR) is 124 cm³/mol. The lowest BCUT2D eigenvalue weighted by molar-refractivity contribution is -0.137. The van der Waals surface area contributed by atoms with Crippen molar-refractivity contribution in [3.8, 4) is 0 Å². The fraction of sp³-hybridized carbons (Fsp3) is 0.286. The fourth-order valence-electron chi connectivity index (χ4n) is 3.47. The Morgan fingerprint density at radius 1 is 0.970 bits per heavy atom. The highest BCUT2D eigenvalue weighted by molar-refractivity contribution is 6.33. The van der Waals surface area contributed by atoms with Gasteiger partial charge in [-0.05, 0) is 23.8 Å². The van der Waals surface area contributed by atoms with E-state index in [1.54, 1.807) is 0 Å². The molecule has 3 aromatic rings. The quantitative estimate of drug-likeness (QED) is 0.527. The van der Waals surface area contributed by atoms with Gasteiger partial charge >= 0.3 is 6.18 Å². The summed E-state index contributed by atoms with van der Waals surface area (Å²) in [6.07, 6.45) is -3.68. The van der Waals surface area contributed by atoms with Crippen LogP contribution < -0.4 is 20.9 Å². The number of pyridine rings is 1. The van der Waals surface area contributed by atoms with E-state index in [0.29, 0.717) is 55.2 Å². The Balaban J connectivity index is 1.41. The lowest BCUT2D eigenvalue weighted by Gasteiger charge is -2.36. The van der Waals surface area contributed by atoms with Crippen molar-refractivity contribution in [1.82, 2.24) is 15.0 Å². The molecule has 0 spiro atoms. The zero-order valence-corrected chi connectivity index (χ0v) is 18.8. The molecule has 0 radical (unpaired) electrons. The molecule has 1 aromatic carbocycles. The molecular formula is C21H20Cl2F3N7. The topological polar surface area (TPSA) is 83.2 Å². The van der Waals surface area contributed by atoms with Crippen LogP contribution >= 0.6 is 23.2 Å². The molecule has 0 bridgehead atoms. The summed E-state index contributed by atoms with van der Waals surface area (Å²) in [7, 11) is 0. The second kappa shape index (κ2) is 9.48. The number of rotatable bonds is 5. The summed E-state index contributed by atoms with van der Waals surface area (Å²) in [5, 5.41) is 3.87. The Morgan fingerprint density at radius 3 is 2.27 bits per heavy atom. The molecule has 33 heavy (non-hydrogen) atoms. The van der Waals surface area contributed by atoms with Crippen LogP contribution in [0.1, 0.15) is 11.1 Å². The third kappa shape index (κ3) is 5.69. The van der Waals surface area contributed by atoms with Crippen LogP contribution in [0.2, 0.25) is 10.0 Å². The van der Waals surface area contributed by atoms with Crippen LogP contribution in [0.15, 0.2) is 42.6 Å². The molecular weight excluding hydrogens is 478 g/mol. The lowest BCUT2D eigenvalue weighted by atomic mass is 10.2. The van der Waals surface area contributed by atoms with Crippen LogP contribution in [0, 0.1) is 0 Å². The van der Waals surface area contributed by atoms with E-state index in [4.69, 9.17) is 28.9 Å². The molecule has 3 N–H and O–H groups in total. The van der Waals surface area contributed by atoms with Gasteiger partial charge < -0.3 is 20.9 Å². The van der Waals surface area contributed by atoms with E-state index in [9.17, 15) is 13.2 Å². The molecule has 0 amide bonds. The monoisotopic (exact) mass is 497 g/mol. The second-order valence-electron chi connectivity index (χ2n) is 7.45. The minimum atomic E-state index is -4.49. The van der Waals surface area contributed by atoms with Crippen molar-refractivity contribution in [3.05, 3.63) is 63.8 Å². The molecule has 0 unspecified atom stereocenters. The molecule has 3 heterocycles. The van der Waals surface area contributed by atoms with Gasteiger partial charge in [0.1, 0.15) is 17.5 Å². The summed E-state index contributed by atoms with van der Waals surface area (Å²) in [5.74, 6) is 1.72. The van der Waals surface area contributed by atoms with Gasteiger partial charge in [0, 0.05) is 50.0 Å². The van der Waals surface area contributed by atoms with Gasteiger partial charge in [-0.3, -0.25) is 0 Å². The van der Waals surface area contributed by atoms with Gasteiger partial charge in [-0.1, -0.05) is 35.3 Å². The first-order valence-corrected chi connectivity index (χ1v) is 10.8. The maximum Gasteiger partial charge on any atom is 0.417 e. The average Bonchev–Trinajstić information content (AvgIpc) is 2.78. The van der Waals surface area contributed by atoms with Crippen molar-refractivity contribution < 1.29 is 13.2 Å². The number of nitrogens with two attached hydrogens (primary N) is 1. The first-order chi connectivity index (χ1) is 15.7. The molecule has 1 aliphatic rings. The maximum absolute atomic E-state index is 12.9. The summed E-state index contributed by atoms with van der Waals surface area (Å²) in [5.41, 5.74) is 6.07. The van der Waals surface area contributed by atoms with Gasteiger partial charge in [-0.25, -0.2) is 4.98 Å². The van der Waals surface area contributed by atoms with Gasteiger partial charge in [-0.2, -0.15) is 23.1 Å². The highest BCUT2D eigenvalue weighted by atomic mass is 35.5. The van der Waals surface area contributed by atoms with Crippen molar-refractivity contribution in [2.45, 2.75) is 12.7 Å². The maximum atomic E-state index is 12.9. The van der Waals surface area contributed by atoms with Crippen molar-refractivity contribution in [1.29, 1.82) is 0 Å². The lowest BCUT2D eigenvalue weighted by Crippen LogP contribution is -2.47. The number of nitrogens with one attached hydrogen (secondary N) is 1. The van der Waals surface area contributed by atoms with E-state index >= 15 is 0 Å². The van der Waals surface area contributed by atoms with E-state index in [1.165, 1.54) is 0 Å². The highest BCUT2D eigenvalue weighted by Gasteiger charge is 2.32. The summed E-state index contributed by atoms with van der Waals surface area (Å²) < 4.78 is 38.6. The Morgan fingerprint density at radius 2 is 1.64 bits per heavy atom. The zero-order chi connectivity index (χ0) is 23.6. The van der Waals surface area contributed by atoms with Crippen LogP contribution in [0.5, 0.6) is 0 Å². The van der Waals surface area contributed by atoms with Gasteiger partial charge in [0.25, 0.3) is 0 Å². The summed E-state index contributed by atoms with van der Waals surface area (Å²) in [4.78, 5) is 16.4. The first-order valence-electron chi connectivity index (χ1n) is 10.0. The SMILES string of the molecule is Nc1nc(NCc2ccc(Cl)cc2)cc(N2CCN(c3ncc(C(F)(F)F)cc3Cl)CC2)n1. The van der Waals surface area contributed by atoms with E-state index in [1.807, 2.05) is 40.1 Å². The average molecular weight is 498 g/mol. The van der Waals surface area contributed by atoms with E-state index in [0.717, 1.165) is 17.8 Å². The van der Waals surface area contributed by atoms with Gasteiger partial charge in [0.15, 0.2) is 0 Å². The third-order valence-corrected chi connectivity index (χ3v) is 5.70. The summed E-state index contributed by atoms with van der Waals surface area (Å²) in [6.45, 7) is 2.68. The first kappa shape index (κ1) is 23.2. The molecule has 0 aliphatic carbocycles. The summed E-state index contributed by atoms with van der Waals surface area (Å²) in [6, 6.07) is 10.2. The van der Waals surface area contributed by atoms with Gasteiger partial charge in [0.2, 0.25) is 5.95 Å². The molecule has 1 fully saturated rings. The Kier molecular flexibility index (Phi) is 6.66. The number of nitrogen functional groups attached to an aromatic ring is 1. The highest BCUT2D eigenvalue weighted by Crippen LogP contribution is 2.34. The molecule has 2 aromatic heterocycles.